The second kappa shape index (κ2) is 7.18. The lowest BCUT2D eigenvalue weighted by atomic mass is 10.1. The van der Waals surface area contributed by atoms with Crippen molar-refractivity contribution in [3.63, 3.8) is 0 Å². The predicted octanol–water partition coefficient (Wildman–Crippen LogP) is 7.49. The molecule has 0 fully saturated rings. The van der Waals surface area contributed by atoms with Crippen LogP contribution in [0.15, 0.2) is 91.0 Å². The van der Waals surface area contributed by atoms with Gasteiger partial charge in [0.1, 0.15) is 0 Å². The molecule has 0 atom stereocenters. The van der Waals surface area contributed by atoms with Crippen molar-refractivity contribution in [2.45, 2.75) is 6.42 Å². The first kappa shape index (κ1) is 15.4. The van der Waals surface area contributed by atoms with Crippen LogP contribution < -0.4 is 0 Å². The molecule has 1 heterocycles. The molecule has 0 aliphatic rings. The number of hydrogen-bond donors (Lipinski definition) is 0. The summed E-state index contributed by atoms with van der Waals surface area (Å²) >= 11 is 0. The van der Waals surface area contributed by atoms with E-state index in [4.69, 9.17) is 0 Å². The highest BCUT2D eigenvalue weighted by Crippen LogP contribution is 2.50. The summed E-state index contributed by atoms with van der Waals surface area (Å²) in [6, 6.07) is 32.4. The molecule has 0 unspecified atom stereocenters. The summed E-state index contributed by atoms with van der Waals surface area (Å²) in [6.07, 6.45) is 1.05. The van der Waals surface area contributed by atoms with E-state index in [9.17, 15) is 0 Å². The Morgan fingerprint density at radius 1 is 0.625 bits per heavy atom. The zero-order valence-corrected chi connectivity index (χ0v) is 15.1. The largest absolute Gasteiger partial charge is 0.302 e. The Morgan fingerprint density at radius 2 is 1.17 bits per heavy atom. The summed E-state index contributed by atoms with van der Waals surface area (Å²) in [4.78, 5) is 0. The summed E-state index contributed by atoms with van der Waals surface area (Å²) in [5.74, 6) is 0. The van der Waals surface area contributed by atoms with E-state index in [1.54, 1.807) is 5.03 Å². The molecule has 0 nitrogen and oxygen atoms in total. The van der Waals surface area contributed by atoms with Crippen LogP contribution in [0.25, 0.3) is 21.7 Å². The Bertz CT molecular complexity index is 853. The number of rotatable bonds is 4. The lowest BCUT2D eigenvalue weighted by Crippen LogP contribution is -1.79. The van der Waals surface area contributed by atoms with Gasteiger partial charge < -0.3 is 16.4 Å². The van der Waals surface area contributed by atoms with Gasteiger partial charge in [-0.25, -0.2) is 0 Å². The Labute approximate surface area is 146 Å². The maximum atomic E-state index is 2.23. The highest BCUT2D eigenvalue weighted by atomic mass is 31.1. The summed E-state index contributed by atoms with van der Waals surface area (Å²) in [6.45, 7) is 0. The van der Waals surface area contributed by atoms with Crippen LogP contribution in [-0.4, -0.2) is 0 Å². The molecule has 0 aliphatic carbocycles. The van der Waals surface area contributed by atoms with Gasteiger partial charge in [-0.3, -0.25) is 0 Å². The smallest absolute Gasteiger partial charge is 0.0288 e. The third-order valence-electron chi connectivity index (χ3n) is 4.01. The van der Waals surface area contributed by atoms with Gasteiger partial charge in [-0.2, -0.15) is 5.03 Å². The average molecular weight is 343 g/mol. The minimum atomic E-state index is 1.05. The fraction of sp³-hybridized carbons (Fsp3) is 0.0455. The maximum absolute atomic E-state index is 2.23. The van der Waals surface area contributed by atoms with Crippen LogP contribution in [0.3, 0.4) is 0 Å². The van der Waals surface area contributed by atoms with Gasteiger partial charge in [0.25, 0.3) is 0 Å². The van der Waals surface area contributed by atoms with E-state index < -0.39 is 0 Å². The van der Waals surface area contributed by atoms with Crippen molar-refractivity contribution in [1.29, 1.82) is 0 Å². The molecule has 4 aromatic rings. The molecule has 0 spiro atoms. The van der Waals surface area contributed by atoms with E-state index in [1.807, 2.05) is 0 Å². The van der Waals surface area contributed by atoms with E-state index in [1.165, 1.54) is 43.7 Å². The monoisotopic (exact) mass is 343 g/mol. The van der Waals surface area contributed by atoms with Crippen molar-refractivity contribution in [3.05, 3.63) is 102 Å². The Hall–Kier alpha value is -2.13. The van der Waals surface area contributed by atoms with Crippen molar-refractivity contribution in [3.8, 4) is 21.7 Å². The molecule has 0 saturated heterocycles. The van der Waals surface area contributed by atoms with Gasteiger partial charge in [0.15, 0.2) is 0 Å². The SMILES string of the molecule is c1ccc(Cc2pc(-c3ccccc3)c(-c3ccccc3)[p-]2)cc1. The molecule has 3 aromatic carbocycles. The molecule has 116 valence electrons. The molecule has 0 amide bonds. The molecular formula is C22H17P2-. The lowest BCUT2D eigenvalue weighted by Gasteiger charge is -2.10. The first-order chi connectivity index (χ1) is 11.9. The minimum Gasteiger partial charge on any atom is -0.302 e. The Balaban J connectivity index is 1.79. The highest BCUT2D eigenvalue weighted by molar-refractivity contribution is 7.54. The topological polar surface area (TPSA) is 0 Å². The molecule has 0 saturated carbocycles. The minimum absolute atomic E-state index is 1.05. The van der Waals surface area contributed by atoms with Gasteiger partial charge in [0, 0.05) is 0 Å². The van der Waals surface area contributed by atoms with Crippen LogP contribution in [0.1, 0.15) is 10.6 Å². The van der Waals surface area contributed by atoms with E-state index in [-0.39, 0.29) is 0 Å². The van der Waals surface area contributed by atoms with Gasteiger partial charge in [-0.1, -0.05) is 102 Å². The first-order valence-corrected chi connectivity index (χ1v) is 9.87. The van der Waals surface area contributed by atoms with Gasteiger partial charge in [0.2, 0.25) is 0 Å². The predicted molar refractivity (Wildman–Crippen MR) is 107 cm³/mol. The number of hydrogen-bond acceptors (Lipinski definition) is 0. The van der Waals surface area contributed by atoms with Crippen molar-refractivity contribution in [1.82, 2.24) is 0 Å². The van der Waals surface area contributed by atoms with Crippen LogP contribution in [0.2, 0.25) is 0 Å². The molecule has 0 N–H and O–H groups in total. The third-order valence-corrected chi connectivity index (χ3v) is 7.03. The molecule has 0 aliphatic heterocycles. The van der Waals surface area contributed by atoms with Crippen LogP contribution in [-0.2, 0) is 6.42 Å². The van der Waals surface area contributed by atoms with E-state index >= 15 is 0 Å². The van der Waals surface area contributed by atoms with Crippen molar-refractivity contribution in [2.24, 2.45) is 0 Å². The lowest BCUT2D eigenvalue weighted by molar-refractivity contribution is 1.28. The fourth-order valence-corrected chi connectivity index (χ4v) is 6.01. The summed E-state index contributed by atoms with van der Waals surface area (Å²) < 4.78 is 0. The summed E-state index contributed by atoms with van der Waals surface area (Å²) in [7, 11) is 2.73. The highest BCUT2D eigenvalue weighted by Gasteiger charge is 2.04. The first-order valence-electron chi connectivity index (χ1n) is 8.08. The van der Waals surface area contributed by atoms with Crippen molar-refractivity contribution >= 4 is 16.4 Å². The second-order valence-corrected chi connectivity index (χ2v) is 8.51. The molecule has 2 heteroatoms. The molecule has 0 radical (unpaired) electrons. The van der Waals surface area contributed by atoms with Crippen molar-refractivity contribution in [2.75, 3.05) is 0 Å². The zero-order chi connectivity index (χ0) is 16.2. The zero-order valence-electron chi connectivity index (χ0n) is 13.3. The van der Waals surface area contributed by atoms with Gasteiger partial charge in [0.05, 0.1) is 0 Å². The van der Waals surface area contributed by atoms with Gasteiger partial charge in [-0.05, 0) is 23.1 Å². The van der Waals surface area contributed by atoms with E-state index in [0.717, 1.165) is 6.42 Å². The van der Waals surface area contributed by atoms with Crippen LogP contribution in [0, 0.1) is 0 Å². The molecular weight excluding hydrogens is 326 g/mol. The third kappa shape index (κ3) is 3.36. The van der Waals surface area contributed by atoms with Crippen LogP contribution >= 0.6 is 16.4 Å². The van der Waals surface area contributed by atoms with Crippen molar-refractivity contribution < 1.29 is 0 Å². The second-order valence-electron chi connectivity index (χ2n) is 5.73. The standard InChI is InChI=1S/C22H17P2/c1-4-10-17(11-5-1)16-20-23-21(18-12-6-2-7-13-18)22(24-20)19-14-8-3-9-15-19/h1-15H,16H2/q-1. The molecule has 1 aromatic heterocycles. The van der Waals surface area contributed by atoms with Crippen LogP contribution in [0.4, 0.5) is 0 Å². The van der Waals surface area contributed by atoms with Crippen LogP contribution in [0.5, 0.6) is 0 Å². The Kier molecular flexibility index (Phi) is 4.61. The fourth-order valence-electron chi connectivity index (χ4n) is 2.84. The molecule has 0 bridgehead atoms. The summed E-state index contributed by atoms with van der Waals surface area (Å²) in [5.41, 5.74) is 4.08. The average Bonchev–Trinajstić information content (AvgIpc) is 3.08. The quantitative estimate of drug-likeness (QED) is 0.360. The Morgan fingerprint density at radius 3 is 1.79 bits per heavy atom. The van der Waals surface area contributed by atoms with Gasteiger partial charge >= 0.3 is 0 Å². The maximum Gasteiger partial charge on any atom is -0.0288 e. The van der Waals surface area contributed by atoms with E-state index in [0.29, 0.717) is 0 Å². The molecule has 24 heavy (non-hydrogen) atoms. The van der Waals surface area contributed by atoms with E-state index in [2.05, 4.69) is 91.0 Å². The summed E-state index contributed by atoms with van der Waals surface area (Å²) in [5, 5.41) is 4.46. The molecule has 4 rings (SSSR count). The number of benzene rings is 3. The normalized spacial score (nSPS) is 11.3. The van der Waals surface area contributed by atoms with Gasteiger partial charge in [-0.15, -0.1) is 0 Å².